The van der Waals surface area contributed by atoms with Gasteiger partial charge >= 0.3 is 0 Å². The quantitative estimate of drug-likeness (QED) is 0.847. The van der Waals surface area contributed by atoms with Crippen molar-refractivity contribution in [2.45, 2.75) is 31.7 Å². The number of hydrogen-bond donors (Lipinski definition) is 2. The number of carbonyl (C=O) groups is 2. The molecule has 1 saturated heterocycles. The molecule has 2 atom stereocenters. The van der Waals surface area contributed by atoms with E-state index in [4.69, 9.17) is 0 Å². The molecule has 5 nitrogen and oxygen atoms in total. The van der Waals surface area contributed by atoms with E-state index in [1.54, 1.807) is 17.0 Å². The minimum absolute atomic E-state index is 0.00153. The molecule has 0 radical (unpaired) electrons. The Morgan fingerprint density at radius 1 is 1.29 bits per heavy atom. The molecule has 2 amide bonds. The number of aliphatic hydroxyl groups excluding tert-OH is 1. The predicted molar refractivity (Wildman–Crippen MR) is 86.5 cm³/mol. The SMILES string of the molecule is O=C(N[C@@H]1CN(C(=O)Cc2cccc(F)c2)CC[C@@H]1CO)C1CC1. The summed E-state index contributed by atoms with van der Waals surface area (Å²) in [6.07, 6.45) is 2.64. The van der Waals surface area contributed by atoms with Crippen molar-refractivity contribution >= 4 is 11.8 Å². The zero-order valence-corrected chi connectivity index (χ0v) is 13.6. The third kappa shape index (κ3) is 4.12. The molecule has 1 aromatic rings. The third-order valence-corrected chi connectivity index (χ3v) is 4.86. The largest absolute Gasteiger partial charge is 0.396 e. The van der Waals surface area contributed by atoms with Crippen molar-refractivity contribution in [3.8, 4) is 0 Å². The van der Waals surface area contributed by atoms with Gasteiger partial charge in [0.25, 0.3) is 0 Å². The Labute approximate surface area is 140 Å². The Hall–Kier alpha value is -1.95. The fraction of sp³-hybridized carbons (Fsp3) is 0.556. The molecule has 2 N–H and O–H groups in total. The van der Waals surface area contributed by atoms with Crippen molar-refractivity contribution in [1.82, 2.24) is 10.2 Å². The second-order valence-corrected chi connectivity index (χ2v) is 6.77. The highest BCUT2D eigenvalue weighted by atomic mass is 19.1. The van der Waals surface area contributed by atoms with E-state index in [0.717, 1.165) is 12.8 Å². The summed E-state index contributed by atoms with van der Waals surface area (Å²) in [5, 5.41) is 12.5. The second-order valence-electron chi connectivity index (χ2n) is 6.77. The van der Waals surface area contributed by atoms with Gasteiger partial charge in [0.15, 0.2) is 0 Å². The molecule has 1 saturated carbocycles. The van der Waals surface area contributed by atoms with Gasteiger partial charge in [-0.1, -0.05) is 12.1 Å². The van der Waals surface area contributed by atoms with Gasteiger partial charge in [0.1, 0.15) is 5.82 Å². The van der Waals surface area contributed by atoms with Crippen LogP contribution in [0.25, 0.3) is 0 Å². The van der Waals surface area contributed by atoms with Crippen LogP contribution in [0.2, 0.25) is 0 Å². The Kier molecular flexibility index (Phi) is 5.14. The van der Waals surface area contributed by atoms with Crippen LogP contribution >= 0.6 is 0 Å². The standard InChI is InChI=1S/C18H23FN2O3/c19-15-3-1-2-12(8-15)9-17(23)21-7-6-14(11-22)16(10-21)20-18(24)13-4-5-13/h1-3,8,13-14,16,22H,4-7,9-11H2,(H,20,24)/t14-,16-/m1/s1. The summed E-state index contributed by atoms with van der Waals surface area (Å²) in [4.78, 5) is 26.2. The van der Waals surface area contributed by atoms with Gasteiger partial charge in [-0.2, -0.15) is 0 Å². The maximum absolute atomic E-state index is 13.2. The number of hydrogen-bond acceptors (Lipinski definition) is 3. The lowest BCUT2D eigenvalue weighted by molar-refractivity contribution is -0.134. The van der Waals surface area contributed by atoms with Gasteiger partial charge in [-0.25, -0.2) is 4.39 Å². The highest BCUT2D eigenvalue weighted by Gasteiger charge is 2.36. The van der Waals surface area contributed by atoms with E-state index in [1.807, 2.05) is 0 Å². The number of nitrogens with one attached hydrogen (secondary N) is 1. The molecule has 0 spiro atoms. The van der Waals surface area contributed by atoms with Crippen molar-refractivity contribution in [3.05, 3.63) is 35.6 Å². The summed E-state index contributed by atoms with van der Waals surface area (Å²) in [5.41, 5.74) is 0.642. The van der Waals surface area contributed by atoms with Gasteiger partial charge in [-0.05, 0) is 37.0 Å². The number of piperidine rings is 1. The molecule has 1 heterocycles. The van der Waals surface area contributed by atoms with Crippen molar-refractivity contribution < 1.29 is 19.1 Å². The fourth-order valence-electron chi connectivity index (χ4n) is 3.19. The second kappa shape index (κ2) is 7.30. The highest BCUT2D eigenvalue weighted by molar-refractivity contribution is 5.82. The highest BCUT2D eigenvalue weighted by Crippen LogP contribution is 2.29. The fourth-order valence-corrected chi connectivity index (χ4v) is 3.19. The molecule has 0 bridgehead atoms. The first-order valence-corrected chi connectivity index (χ1v) is 8.50. The summed E-state index contributed by atoms with van der Waals surface area (Å²) >= 11 is 0. The first kappa shape index (κ1) is 16.9. The van der Waals surface area contributed by atoms with E-state index < -0.39 is 0 Å². The molecule has 0 aromatic heterocycles. The van der Waals surface area contributed by atoms with E-state index in [1.165, 1.54) is 12.1 Å². The minimum Gasteiger partial charge on any atom is -0.396 e. The van der Waals surface area contributed by atoms with E-state index in [-0.39, 0.29) is 48.5 Å². The molecule has 1 aromatic carbocycles. The monoisotopic (exact) mass is 334 g/mol. The lowest BCUT2D eigenvalue weighted by Crippen LogP contribution is -2.55. The first-order chi connectivity index (χ1) is 11.6. The van der Waals surface area contributed by atoms with Gasteiger partial charge in [-0.15, -0.1) is 0 Å². The van der Waals surface area contributed by atoms with Gasteiger partial charge in [0.2, 0.25) is 11.8 Å². The van der Waals surface area contributed by atoms with Crippen LogP contribution in [0, 0.1) is 17.7 Å². The Morgan fingerprint density at radius 2 is 2.08 bits per heavy atom. The smallest absolute Gasteiger partial charge is 0.227 e. The molecule has 130 valence electrons. The normalized spacial score (nSPS) is 23.8. The molecule has 1 aliphatic heterocycles. The number of halogens is 1. The van der Waals surface area contributed by atoms with E-state index in [0.29, 0.717) is 25.1 Å². The third-order valence-electron chi connectivity index (χ3n) is 4.86. The van der Waals surface area contributed by atoms with Crippen LogP contribution in [0.15, 0.2) is 24.3 Å². The number of benzene rings is 1. The molecule has 2 fully saturated rings. The lowest BCUT2D eigenvalue weighted by Gasteiger charge is -2.38. The van der Waals surface area contributed by atoms with Crippen LogP contribution in [0.4, 0.5) is 4.39 Å². The number of amides is 2. The number of carbonyl (C=O) groups excluding carboxylic acids is 2. The minimum atomic E-state index is -0.353. The maximum atomic E-state index is 13.2. The zero-order valence-electron chi connectivity index (χ0n) is 13.6. The van der Waals surface area contributed by atoms with Crippen molar-refractivity contribution in [2.24, 2.45) is 11.8 Å². The molecule has 2 aliphatic rings. The van der Waals surface area contributed by atoms with Gasteiger partial charge in [-0.3, -0.25) is 9.59 Å². The topological polar surface area (TPSA) is 69.6 Å². The molecule has 3 rings (SSSR count). The van der Waals surface area contributed by atoms with Crippen molar-refractivity contribution in [1.29, 1.82) is 0 Å². The number of nitrogens with zero attached hydrogens (tertiary/aromatic N) is 1. The van der Waals surface area contributed by atoms with E-state index in [9.17, 15) is 19.1 Å². The average Bonchev–Trinajstić information content (AvgIpc) is 3.39. The van der Waals surface area contributed by atoms with Gasteiger partial charge in [0, 0.05) is 31.5 Å². The molecule has 6 heteroatoms. The van der Waals surface area contributed by atoms with Crippen LogP contribution in [0.5, 0.6) is 0 Å². The van der Waals surface area contributed by atoms with Crippen LogP contribution in [-0.4, -0.2) is 47.6 Å². The average molecular weight is 334 g/mol. The summed E-state index contributed by atoms with van der Waals surface area (Å²) in [6, 6.07) is 5.82. The molecule has 0 unspecified atom stereocenters. The summed E-state index contributed by atoms with van der Waals surface area (Å²) < 4.78 is 13.2. The van der Waals surface area contributed by atoms with E-state index >= 15 is 0 Å². The van der Waals surface area contributed by atoms with Gasteiger partial charge in [0.05, 0.1) is 12.5 Å². The maximum Gasteiger partial charge on any atom is 0.227 e. The molecular formula is C18H23FN2O3. The molecular weight excluding hydrogens is 311 g/mol. The molecule has 24 heavy (non-hydrogen) atoms. The van der Waals surface area contributed by atoms with Gasteiger partial charge < -0.3 is 15.3 Å². The predicted octanol–water partition coefficient (Wildman–Crippen LogP) is 1.10. The lowest BCUT2D eigenvalue weighted by atomic mass is 9.91. The summed E-state index contributed by atoms with van der Waals surface area (Å²) in [5.74, 6) is -0.331. The Bertz CT molecular complexity index is 618. The van der Waals surface area contributed by atoms with E-state index in [2.05, 4.69) is 5.32 Å². The van der Waals surface area contributed by atoms with Crippen molar-refractivity contribution in [2.75, 3.05) is 19.7 Å². The number of aliphatic hydroxyl groups is 1. The summed E-state index contributed by atoms with van der Waals surface area (Å²) in [7, 11) is 0. The first-order valence-electron chi connectivity index (χ1n) is 8.50. The number of likely N-dealkylation sites (tertiary alicyclic amines) is 1. The zero-order chi connectivity index (χ0) is 17.1. The number of rotatable bonds is 5. The Morgan fingerprint density at radius 3 is 2.75 bits per heavy atom. The van der Waals surface area contributed by atoms with Crippen LogP contribution in [0.1, 0.15) is 24.8 Å². The van der Waals surface area contributed by atoms with Crippen LogP contribution in [0.3, 0.4) is 0 Å². The Balaban J connectivity index is 1.60. The molecule has 1 aliphatic carbocycles. The van der Waals surface area contributed by atoms with Crippen LogP contribution < -0.4 is 5.32 Å². The van der Waals surface area contributed by atoms with Crippen molar-refractivity contribution in [3.63, 3.8) is 0 Å². The summed E-state index contributed by atoms with van der Waals surface area (Å²) in [6.45, 7) is 0.953. The van der Waals surface area contributed by atoms with Crippen LogP contribution in [-0.2, 0) is 16.0 Å².